The van der Waals surface area contributed by atoms with E-state index < -0.39 is 16.1 Å². The van der Waals surface area contributed by atoms with Crippen molar-refractivity contribution in [2.75, 3.05) is 5.32 Å². The number of sulfonamides is 1. The Hall–Kier alpha value is -2.23. The Balaban J connectivity index is 1.45. The summed E-state index contributed by atoms with van der Waals surface area (Å²) in [5, 5.41) is 13.0. The number of aromatic nitrogens is 2. The summed E-state index contributed by atoms with van der Waals surface area (Å²) in [4.78, 5) is 8.88. The van der Waals surface area contributed by atoms with E-state index in [1.54, 1.807) is 30.5 Å². The molecule has 9 heteroatoms. The van der Waals surface area contributed by atoms with Crippen LogP contribution in [0.1, 0.15) is 37.7 Å². The molecular weight excluding hydrogens is 380 g/mol. The predicted molar refractivity (Wildman–Crippen MR) is 104 cm³/mol. The van der Waals surface area contributed by atoms with Crippen LogP contribution in [0.4, 0.5) is 11.6 Å². The molecule has 2 aromatic rings. The zero-order chi connectivity index (χ0) is 19.7. The van der Waals surface area contributed by atoms with Gasteiger partial charge in [-0.25, -0.2) is 18.1 Å². The SMILES string of the molecule is Cc1cnc(Nc2ccc(S(=O)(=O)NC3CC3)cc2)nc1OC1CCCC1O. The summed E-state index contributed by atoms with van der Waals surface area (Å²) < 4.78 is 33.0. The third kappa shape index (κ3) is 4.43. The van der Waals surface area contributed by atoms with E-state index in [0.717, 1.165) is 37.7 Å². The molecule has 1 aromatic heterocycles. The van der Waals surface area contributed by atoms with Crippen LogP contribution in [0.2, 0.25) is 0 Å². The molecule has 0 radical (unpaired) electrons. The topological polar surface area (TPSA) is 113 Å². The predicted octanol–water partition coefficient (Wildman–Crippen LogP) is 2.26. The first-order valence-corrected chi connectivity index (χ1v) is 11.0. The second-order valence-corrected chi connectivity index (χ2v) is 9.10. The molecule has 2 fully saturated rings. The molecule has 0 bridgehead atoms. The van der Waals surface area contributed by atoms with Gasteiger partial charge in [0.1, 0.15) is 6.10 Å². The first-order valence-electron chi connectivity index (χ1n) is 9.48. The molecule has 8 nitrogen and oxygen atoms in total. The molecule has 0 aliphatic heterocycles. The highest BCUT2D eigenvalue weighted by Crippen LogP contribution is 2.27. The average molecular weight is 404 g/mol. The number of nitrogens with one attached hydrogen (secondary N) is 2. The summed E-state index contributed by atoms with van der Waals surface area (Å²) in [6.07, 6.45) is 5.21. The number of hydrogen-bond acceptors (Lipinski definition) is 7. The minimum Gasteiger partial charge on any atom is -0.471 e. The Morgan fingerprint density at radius 3 is 2.54 bits per heavy atom. The minimum atomic E-state index is -3.47. The van der Waals surface area contributed by atoms with E-state index in [1.807, 2.05) is 6.92 Å². The van der Waals surface area contributed by atoms with Crippen molar-refractivity contribution in [3.8, 4) is 5.88 Å². The zero-order valence-electron chi connectivity index (χ0n) is 15.6. The molecule has 3 N–H and O–H groups in total. The number of benzene rings is 1. The van der Waals surface area contributed by atoms with Crippen molar-refractivity contribution >= 4 is 21.7 Å². The molecule has 0 amide bonds. The van der Waals surface area contributed by atoms with Crippen LogP contribution in [0.25, 0.3) is 0 Å². The number of ether oxygens (including phenoxy) is 1. The van der Waals surface area contributed by atoms with E-state index in [4.69, 9.17) is 4.74 Å². The first kappa shape index (κ1) is 19.1. The lowest BCUT2D eigenvalue weighted by Crippen LogP contribution is -2.26. The molecule has 2 saturated carbocycles. The normalized spacial score (nSPS) is 22.2. The molecule has 2 atom stereocenters. The van der Waals surface area contributed by atoms with Gasteiger partial charge in [0.15, 0.2) is 0 Å². The lowest BCUT2D eigenvalue weighted by atomic mass is 10.2. The Morgan fingerprint density at radius 1 is 1.14 bits per heavy atom. The van der Waals surface area contributed by atoms with Gasteiger partial charge < -0.3 is 15.2 Å². The number of anilines is 2. The summed E-state index contributed by atoms with van der Waals surface area (Å²) in [6.45, 7) is 1.85. The summed E-state index contributed by atoms with van der Waals surface area (Å²) >= 11 is 0. The van der Waals surface area contributed by atoms with Gasteiger partial charge in [-0.3, -0.25) is 0 Å². The molecule has 2 unspecified atom stereocenters. The van der Waals surface area contributed by atoms with Gasteiger partial charge >= 0.3 is 0 Å². The molecule has 2 aliphatic rings. The van der Waals surface area contributed by atoms with Crippen LogP contribution in [-0.4, -0.2) is 41.7 Å². The van der Waals surface area contributed by atoms with Crippen LogP contribution in [0.15, 0.2) is 35.4 Å². The van der Waals surface area contributed by atoms with Crippen molar-refractivity contribution < 1.29 is 18.3 Å². The van der Waals surface area contributed by atoms with E-state index in [-0.39, 0.29) is 17.0 Å². The second-order valence-electron chi connectivity index (χ2n) is 7.38. The quantitative estimate of drug-likeness (QED) is 0.649. The Kier molecular flexibility index (Phi) is 5.22. The Labute approximate surface area is 164 Å². The van der Waals surface area contributed by atoms with Gasteiger partial charge in [0.05, 0.1) is 11.0 Å². The first-order chi connectivity index (χ1) is 13.4. The van der Waals surface area contributed by atoms with E-state index in [2.05, 4.69) is 20.0 Å². The van der Waals surface area contributed by atoms with Gasteiger partial charge in [-0.2, -0.15) is 4.98 Å². The van der Waals surface area contributed by atoms with Gasteiger partial charge in [-0.05, 0) is 63.3 Å². The number of aliphatic hydroxyl groups is 1. The lowest BCUT2D eigenvalue weighted by Gasteiger charge is -2.18. The number of nitrogens with zero attached hydrogens (tertiary/aromatic N) is 2. The van der Waals surface area contributed by atoms with Crippen LogP contribution in [-0.2, 0) is 10.0 Å². The summed E-state index contributed by atoms with van der Waals surface area (Å²) in [6, 6.07) is 6.51. The van der Waals surface area contributed by atoms with E-state index >= 15 is 0 Å². The highest BCUT2D eigenvalue weighted by Gasteiger charge is 2.29. The Bertz CT molecular complexity index is 945. The van der Waals surface area contributed by atoms with Crippen LogP contribution in [0.3, 0.4) is 0 Å². The second kappa shape index (κ2) is 7.65. The van der Waals surface area contributed by atoms with Crippen LogP contribution >= 0.6 is 0 Å². The maximum atomic E-state index is 12.2. The van der Waals surface area contributed by atoms with Gasteiger partial charge in [0, 0.05) is 23.5 Å². The van der Waals surface area contributed by atoms with Crippen molar-refractivity contribution in [1.82, 2.24) is 14.7 Å². The highest BCUT2D eigenvalue weighted by atomic mass is 32.2. The van der Waals surface area contributed by atoms with E-state index in [0.29, 0.717) is 17.5 Å². The molecular formula is C19H24N4O4S. The monoisotopic (exact) mass is 404 g/mol. The number of rotatable bonds is 7. The third-order valence-electron chi connectivity index (χ3n) is 4.93. The van der Waals surface area contributed by atoms with Crippen LogP contribution < -0.4 is 14.8 Å². The van der Waals surface area contributed by atoms with Crippen molar-refractivity contribution in [2.45, 2.75) is 62.2 Å². The summed E-state index contributed by atoms with van der Waals surface area (Å²) in [7, 11) is -3.47. The zero-order valence-corrected chi connectivity index (χ0v) is 16.4. The molecule has 0 spiro atoms. The van der Waals surface area contributed by atoms with E-state index in [1.165, 1.54) is 0 Å². The van der Waals surface area contributed by atoms with Crippen LogP contribution in [0, 0.1) is 6.92 Å². The van der Waals surface area contributed by atoms with Gasteiger partial charge in [-0.15, -0.1) is 0 Å². The summed E-state index contributed by atoms with van der Waals surface area (Å²) in [5.74, 6) is 0.788. The van der Waals surface area contributed by atoms with Gasteiger partial charge in [-0.1, -0.05) is 0 Å². The van der Waals surface area contributed by atoms with Crippen molar-refractivity contribution in [1.29, 1.82) is 0 Å². The maximum absolute atomic E-state index is 12.2. The summed E-state index contributed by atoms with van der Waals surface area (Å²) in [5.41, 5.74) is 1.46. The smallest absolute Gasteiger partial charge is 0.240 e. The third-order valence-corrected chi connectivity index (χ3v) is 6.46. The Morgan fingerprint density at radius 2 is 1.89 bits per heavy atom. The maximum Gasteiger partial charge on any atom is 0.240 e. The standard InChI is InChI=1S/C19H24N4O4S/c1-12-11-20-19(22-18(12)27-17-4-2-3-16(17)24)21-13-7-9-15(10-8-13)28(25,26)23-14-5-6-14/h7-11,14,16-17,23-24H,2-6H2,1H3,(H,20,21,22). The number of aryl methyl sites for hydroxylation is 1. The fraction of sp³-hybridized carbons (Fsp3) is 0.474. The molecule has 0 saturated heterocycles. The van der Waals surface area contributed by atoms with Crippen molar-refractivity contribution in [3.05, 3.63) is 36.0 Å². The van der Waals surface area contributed by atoms with Crippen LogP contribution in [0.5, 0.6) is 5.88 Å². The number of hydrogen-bond donors (Lipinski definition) is 3. The average Bonchev–Trinajstić information content (AvgIpc) is 3.38. The number of aliphatic hydroxyl groups excluding tert-OH is 1. The van der Waals surface area contributed by atoms with Gasteiger partial charge in [0.2, 0.25) is 21.9 Å². The fourth-order valence-electron chi connectivity index (χ4n) is 3.13. The van der Waals surface area contributed by atoms with Gasteiger partial charge in [0.25, 0.3) is 0 Å². The minimum absolute atomic E-state index is 0.0700. The fourth-order valence-corrected chi connectivity index (χ4v) is 4.43. The molecule has 1 heterocycles. The molecule has 4 rings (SSSR count). The largest absolute Gasteiger partial charge is 0.471 e. The molecule has 1 aromatic carbocycles. The van der Waals surface area contributed by atoms with Crippen molar-refractivity contribution in [3.63, 3.8) is 0 Å². The molecule has 2 aliphatic carbocycles. The van der Waals surface area contributed by atoms with E-state index in [9.17, 15) is 13.5 Å². The van der Waals surface area contributed by atoms with Crippen molar-refractivity contribution in [2.24, 2.45) is 0 Å². The lowest BCUT2D eigenvalue weighted by molar-refractivity contribution is 0.0569. The highest BCUT2D eigenvalue weighted by molar-refractivity contribution is 7.89. The molecule has 28 heavy (non-hydrogen) atoms. The molecule has 150 valence electrons.